The highest BCUT2D eigenvalue weighted by Gasteiger charge is 2.29. The van der Waals surface area contributed by atoms with Crippen LogP contribution in [-0.4, -0.2) is 18.9 Å². The third-order valence-electron chi connectivity index (χ3n) is 2.83. The molecule has 4 nitrogen and oxygen atoms in total. The van der Waals surface area contributed by atoms with Crippen LogP contribution in [-0.2, 0) is 11.3 Å². The number of benzene rings is 1. The number of hydrogen-bond donors (Lipinski definition) is 2. The highest BCUT2D eigenvalue weighted by atomic mass is 16.2. The first-order valence-electron chi connectivity index (χ1n) is 5.79. The number of nitrogens with one attached hydrogen (secondary N) is 2. The third kappa shape index (κ3) is 3.06. The summed E-state index contributed by atoms with van der Waals surface area (Å²) in [5.41, 5.74) is 1.56. The van der Waals surface area contributed by atoms with E-state index < -0.39 is 0 Å². The van der Waals surface area contributed by atoms with Crippen LogP contribution in [0.25, 0.3) is 0 Å². The summed E-state index contributed by atoms with van der Waals surface area (Å²) in [5, 5.41) is 5.45. The lowest BCUT2D eigenvalue weighted by molar-refractivity contribution is -0.122. The number of hydrogen-bond acceptors (Lipinski definition) is 2. The highest BCUT2D eigenvalue weighted by molar-refractivity contribution is 5.94. The summed E-state index contributed by atoms with van der Waals surface area (Å²) in [6.07, 6.45) is 2.01. The molecule has 1 aromatic carbocycles. The van der Waals surface area contributed by atoms with Crippen molar-refractivity contribution in [3.05, 3.63) is 35.4 Å². The maximum Gasteiger partial charge on any atom is 0.251 e. The van der Waals surface area contributed by atoms with Gasteiger partial charge in [-0.3, -0.25) is 9.59 Å². The van der Waals surface area contributed by atoms with Crippen molar-refractivity contribution in [3.63, 3.8) is 0 Å². The van der Waals surface area contributed by atoms with E-state index >= 15 is 0 Å². The third-order valence-corrected chi connectivity index (χ3v) is 2.83. The molecule has 1 saturated carbocycles. The maximum atomic E-state index is 11.5. The van der Waals surface area contributed by atoms with Gasteiger partial charge in [0.25, 0.3) is 5.91 Å². The molecule has 0 spiro atoms. The Morgan fingerprint density at radius 3 is 2.76 bits per heavy atom. The van der Waals surface area contributed by atoms with Crippen molar-refractivity contribution >= 4 is 11.8 Å². The Balaban J connectivity index is 1.95. The second-order valence-corrected chi connectivity index (χ2v) is 4.27. The first kappa shape index (κ1) is 11.6. The largest absolute Gasteiger partial charge is 0.355 e. The summed E-state index contributed by atoms with van der Waals surface area (Å²) in [5.74, 6) is 0.229. The van der Waals surface area contributed by atoms with Gasteiger partial charge in [-0.25, -0.2) is 0 Å². The molecular weight excluding hydrogens is 216 g/mol. The SMILES string of the molecule is CNC(=O)c1cccc(CNC(=O)C2CC2)c1. The Labute approximate surface area is 100 Å². The molecule has 17 heavy (non-hydrogen) atoms. The summed E-state index contributed by atoms with van der Waals surface area (Å²) in [7, 11) is 1.60. The van der Waals surface area contributed by atoms with Crippen LogP contribution in [0.1, 0.15) is 28.8 Å². The number of amides is 2. The van der Waals surface area contributed by atoms with Crippen LogP contribution >= 0.6 is 0 Å². The molecule has 90 valence electrons. The molecule has 0 aromatic heterocycles. The Hall–Kier alpha value is -1.84. The average Bonchev–Trinajstić information content (AvgIpc) is 3.19. The second-order valence-electron chi connectivity index (χ2n) is 4.27. The number of rotatable bonds is 4. The molecule has 0 atom stereocenters. The van der Waals surface area contributed by atoms with Gasteiger partial charge in [-0.15, -0.1) is 0 Å². The fraction of sp³-hybridized carbons (Fsp3) is 0.385. The molecule has 2 N–H and O–H groups in total. The van der Waals surface area contributed by atoms with Crippen LogP contribution < -0.4 is 10.6 Å². The van der Waals surface area contributed by atoms with Gasteiger partial charge in [0.2, 0.25) is 5.91 Å². The van der Waals surface area contributed by atoms with Crippen molar-refractivity contribution in [2.24, 2.45) is 5.92 Å². The fourth-order valence-electron chi connectivity index (χ4n) is 1.65. The van der Waals surface area contributed by atoms with Crippen LogP contribution in [0, 0.1) is 5.92 Å². The molecule has 0 bridgehead atoms. The molecule has 0 radical (unpaired) electrons. The van der Waals surface area contributed by atoms with E-state index in [-0.39, 0.29) is 17.7 Å². The van der Waals surface area contributed by atoms with Gasteiger partial charge in [0.15, 0.2) is 0 Å². The summed E-state index contributed by atoms with van der Waals surface area (Å²) < 4.78 is 0. The Morgan fingerprint density at radius 1 is 1.35 bits per heavy atom. The summed E-state index contributed by atoms with van der Waals surface area (Å²) in [4.78, 5) is 22.9. The lowest BCUT2D eigenvalue weighted by atomic mass is 10.1. The van der Waals surface area contributed by atoms with Crippen molar-refractivity contribution in [1.82, 2.24) is 10.6 Å². The zero-order valence-corrected chi connectivity index (χ0v) is 9.82. The smallest absolute Gasteiger partial charge is 0.251 e. The summed E-state index contributed by atoms with van der Waals surface area (Å²) in [6.45, 7) is 0.486. The molecule has 2 amide bonds. The van der Waals surface area contributed by atoms with E-state index in [1.807, 2.05) is 12.1 Å². The standard InChI is InChI=1S/C13H16N2O2/c1-14-12(16)11-4-2-3-9(7-11)8-15-13(17)10-5-6-10/h2-4,7,10H,5-6,8H2,1H3,(H,14,16)(H,15,17). The van der Waals surface area contributed by atoms with E-state index in [0.29, 0.717) is 12.1 Å². The van der Waals surface area contributed by atoms with E-state index in [1.54, 1.807) is 19.2 Å². The predicted molar refractivity (Wildman–Crippen MR) is 64.4 cm³/mol. The van der Waals surface area contributed by atoms with Crippen molar-refractivity contribution in [2.45, 2.75) is 19.4 Å². The molecule has 1 aromatic rings. The zero-order valence-electron chi connectivity index (χ0n) is 9.82. The molecule has 0 heterocycles. The first-order valence-corrected chi connectivity index (χ1v) is 5.79. The van der Waals surface area contributed by atoms with E-state index in [2.05, 4.69) is 10.6 Å². The first-order chi connectivity index (χ1) is 8.20. The van der Waals surface area contributed by atoms with Gasteiger partial charge in [-0.1, -0.05) is 12.1 Å². The van der Waals surface area contributed by atoms with Gasteiger partial charge in [-0.05, 0) is 30.5 Å². The van der Waals surface area contributed by atoms with Crippen LogP contribution in [0.3, 0.4) is 0 Å². The Kier molecular flexibility index (Phi) is 3.42. The number of carbonyl (C=O) groups excluding carboxylic acids is 2. The van der Waals surface area contributed by atoms with Gasteiger partial charge >= 0.3 is 0 Å². The topological polar surface area (TPSA) is 58.2 Å². The minimum absolute atomic E-state index is 0.111. The molecular formula is C13H16N2O2. The lowest BCUT2D eigenvalue weighted by Gasteiger charge is -2.06. The molecule has 0 saturated heterocycles. The minimum atomic E-state index is -0.111. The number of carbonyl (C=O) groups is 2. The van der Waals surface area contributed by atoms with Gasteiger partial charge in [-0.2, -0.15) is 0 Å². The van der Waals surface area contributed by atoms with Gasteiger partial charge < -0.3 is 10.6 Å². The van der Waals surface area contributed by atoms with Crippen molar-refractivity contribution in [3.8, 4) is 0 Å². The molecule has 1 aliphatic rings. The van der Waals surface area contributed by atoms with Crippen LogP contribution in [0.5, 0.6) is 0 Å². The molecule has 0 unspecified atom stereocenters. The van der Waals surface area contributed by atoms with E-state index in [1.165, 1.54) is 0 Å². The normalized spacial score (nSPS) is 14.2. The quantitative estimate of drug-likeness (QED) is 0.816. The van der Waals surface area contributed by atoms with Crippen molar-refractivity contribution in [2.75, 3.05) is 7.05 Å². The van der Waals surface area contributed by atoms with E-state index in [0.717, 1.165) is 18.4 Å². The van der Waals surface area contributed by atoms with Crippen LogP contribution in [0.4, 0.5) is 0 Å². The molecule has 2 rings (SSSR count). The summed E-state index contributed by atoms with van der Waals surface area (Å²) in [6, 6.07) is 7.28. The Bertz CT molecular complexity index is 439. The fourth-order valence-corrected chi connectivity index (χ4v) is 1.65. The molecule has 4 heteroatoms. The minimum Gasteiger partial charge on any atom is -0.355 e. The van der Waals surface area contributed by atoms with Gasteiger partial charge in [0.05, 0.1) is 0 Å². The molecule has 1 aliphatic carbocycles. The Morgan fingerprint density at radius 2 is 2.12 bits per heavy atom. The monoisotopic (exact) mass is 232 g/mol. The lowest BCUT2D eigenvalue weighted by Crippen LogP contribution is -2.24. The molecule has 1 fully saturated rings. The van der Waals surface area contributed by atoms with Gasteiger partial charge in [0.1, 0.15) is 0 Å². The van der Waals surface area contributed by atoms with E-state index in [9.17, 15) is 9.59 Å². The van der Waals surface area contributed by atoms with Crippen LogP contribution in [0.15, 0.2) is 24.3 Å². The molecule has 0 aliphatic heterocycles. The van der Waals surface area contributed by atoms with Crippen molar-refractivity contribution < 1.29 is 9.59 Å². The van der Waals surface area contributed by atoms with Crippen molar-refractivity contribution in [1.29, 1.82) is 0 Å². The average molecular weight is 232 g/mol. The zero-order chi connectivity index (χ0) is 12.3. The second kappa shape index (κ2) is 4.99. The maximum absolute atomic E-state index is 11.5. The van der Waals surface area contributed by atoms with E-state index in [4.69, 9.17) is 0 Å². The summed E-state index contributed by atoms with van der Waals surface area (Å²) >= 11 is 0. The van der Waals surface area contributed by atoms with Crippen LogP contribution in [0.2, 0.25) is 0 Å². The highest BCUT2D eigenvalue weighted by Crippen LogP contribution is 2.28. The van der Waals surface area contributed by atoms with Gasteiger partial charge in [0, 0.05) is 25.1 Å². The predicted octanol–water partition coefficient (Wildman–Crippen LogP) is 1.07.